The van der Waals surface area contributed by atoms with E-state index in [9.17, 15) is 13.2 Å². The first-order valence-corrected chi connectivity index (χ1v) is 7.09. The molecule has 0 aromatic heterocycles. The van der Waals surface area contributed by atoms with Gasteiger partial charge in [0.25, 0.3) is 0 Å². The molecule has 0 aliphatic heterocycles. The van der Waals surface area contributed by atoms with Crippen LogP contribution in [0.15, 0.2) is 18.2 Å². The standard InChI is InChI=1S/C15H23F3N2/c1-3-5-6-11(4-2)10-20-12-7-8-14(19)13(9-12)15(16,17)18/h7-9,11,20H,3-6,10,19H2,1-2H3. The number of alkyl halides is 3. The van der Waals surface area contributed by atoms with Crippen LogP contribution in [0.4, 0.5) is 24.5 Å². The SMILES string of the molecule is CCCCC(CC)CNc1ccc(N)c(C(F)(F)F)c1. The van der Waals surface area contributed by atoms with Crippen LogP contribution in [0.1, 0.15) is 45.1 Å². The van der Waals surface area contributed by atoms with E-state index in [0.717, 1.165) is 31.7 Å². The molecule has 1 aromatic carbocycles. The summed E-state index contributed by atoms with van der Waals surface area (Å²) in [5.41, 5.74) is 4.84. The third-order valence-corrected chi connectivity index (χ3v) is 3.50. The molecular weight excluding hydrogens is 265 g/mol. The average molecular weight is 288 g/mol. The van der Waals surface area contributed by atoms with Crippen molar-refractivity contribution in [3.8, 4) is 0 Å². The second-order valence-corrected chi connectivity index (χ2v) is 5.10. The highest BCUT2D eigenvalue weighted by Crippen LogP contribution is 2.35. The number of anilines is 2. The number of hydrogen-bond acceptors (Lipinski definition) is 2. The Labute approximate surface area is 118 Å². The molecule has 0 fully saturated rings. The minimum Gasteiger partial charge on any atom is -0.398 e. The van der Waals surface area contributed by atoms with Crippen LogP contribution in [0.3, 0.4) is 0 Å². The number of halogens is 3. The van der Waals surface area contributed by atoms with Crippen molar-refractivity contribution in [1.82, 2.24) is 0 Å². The molecule has 20 heavy (non-hydrogen) atoms. The first-order valence-electron chi connectivity index (χ1n) is 7.09. The predicted octanol–water partition coefficient (Wildman–Crippen LogP) is 4.92. The molecule has 0 heterocycles. The molecule has 5 heteroatoms. The van der Waals surface area contributed by atoms with Crippen LogP contribution in [0, 0.1) is 5.92 Å². The molecule has 2 nitrogen and oxygen atoms in total. The Morgan fingerprint density at radius 2 is 1.95 bits per heavy atom. The van der Waals surface area contributed by atoms with Gasteiger partial charge in [-0.15, -0.1) is 0 Å². The van der Waals surface area contributed by atoms with Gasteiger partial charge in [-0.1, -0.05) is 33.1 Å². The minimum atomic E-state index is -4.41. The molecule has 0 saturated heterocycles. The van der Waals surface area contributed by atoms with Crippen molar-refractivity contribution in [2.45, 2.75) is 45.7 Å². The van der Waals surface area contributed by atoms with Crippen LogP contribution in [0.25, 0.3) is 0 Å². The molecule has 0 spiro atoms. The normalized spacial score (nSPS) is 13.2. The molecule has 0 aliphatic rings. The van der Waals surface area contributed by atoms with E-state index in [4.69, 9.17) is 5.73 Å². The minimum absolute atomic E-state index is 0.235. The van der Waals surface area contributed by atoms with E-state index in [1.54, 1.807) is 6.07 Å². The fourth-order valence-corrected chi connectivity index (χ4v) is 2.12. The number of nitrogens with two attached hydrogens (primary N) is 1. The number of benzene rings is 1. The van der Waals surface area contributed by atoms with Crippen molar-refractivity contribution >= 4 is 11.4 Å². The topological polar surface area (TPSA) is 38.0 Å². The van der Waals surface area contributed by atoms with Gasteiger partial charge in [-0.05, 0) is 30.5 Å². The lowest BCUT2D eigenvalue weighted by atomic mass is 9.99. The third kappa shape index (κ3) is 4.94. The Morgan fingerprint density at radius 1 is 1.25 bits per heavy atom. The van der Waals surface area contributed by atoms with Gasteiger partial charge in [0.15, 0.2) is 0 Å². The first-order chi connectivity index (χ1) is 9.38. The zero-order valence-electron chi connectivity index (χ0n) is 12.1. The fourth-order valence-electron chi connectivity index (χ4n) is 2.12. The van der Waals surface area contributed by atoms with Gasteiger partial charge >= 0.3 is 6.18 Å². The summed E-state index contributed by atoms with van der Waals surface area (Å²) in [6.45, 7) is 4.93. The van der Waals surface area contributed by atoms with Crippen molar-refractivity contribution in [2.75, 3.05) is 17.6 Å². The highest BCUT2D eigenvalue weighted by molar-refractivity contribution is 5.58. The Balaban J connectivity index is 2.69. The van der Waals surface area contributed by atoms with E-state index >= 15 is 0 Å². The van der Waals surface area contributed by atoms with Gasteiger partial charge in [0.2, 0.25) is 0 Å². The van der Waals surface area contributed by atoms with E-state index in [-0.39, 0.29) is 5.69 Å². The van der Waals surface area contributed by atoms with E-state index < -0.39 is 11.7 Å². The number of hydrogen-bond donors (Lipinski definition) is 2. The summed E-state index contributed by atoms with van der Waals surface area (Å²) in [5.74, 6) is 0.488. The van der Waals surface area contributed by atoms with E-state index in [0.29, 0.717) is 18.2 Å². The highest BCUT2D eigenvalue weighted by atomic mass is 19.4. The fraction of sp³-hybridized carbons (Fsp3) is 0.600. The number of nitrogen functional groups attached to an aromatic ring is 1. The molecule has 1 aromatic rings. The van der Waals surface area contributed by atoms with Crippen LogP contribution >= 0.6 is 0 Å². The molecule has 0 bridgehead atoms. The summed E-state index contributed by atoms with van der Waals surface area (Å²) in [6, 6.07) is 3.98. The quantitative estimate of drug-likeness (QED) is 0.699. The van der Waals surface area contributed by atoms with Crippen molar-refractivity contribution in [3.05, 3.63) is 23.8 Å². The van der Waals surface area contributed by atoms with Gasteiger partial charge in [-0.25, -0.2) is 0 Å². The predicted molar refractivity (Wildman–Crippen MR) is 77.7 cm³/mol. The maximum absolute atomic E-state index is 12.8. The molecule has 0 radical (unpaired) electrons. The van der Waals surface area contributed by atoms with Crippen molar-refractivity contribution in [1.29, 1.82) is 0 Å². The van der Waals surface area contributed by atoms with Crippen molar-refractivity contribution < 1.29 is 13.2 Å². The lowest BCUT2D eigenvalue weighted by Gasteiger charge is -2.17. The van der Waals surface area contributed by atoms with Gasteiger partial charge in [0.05, 0.1) is 5.56 Å². The highest BCUT2D eigenvalue weighted by Gasteiger charge is 2.33. The molecule has 3 N–H and O–H groups in total. The number of rotatable bonds is 7. The monoisotopic (exact) mass is 288 g/mol. The van der Waals surface area contributed by atoms with E-state index in [1.165, 1.54) is 6.07 Å². The Kier molecular flexibility index (Phi) is 6.17. The molecule has 0 saturated carbocycles. The van der Waals surface area contributed by atoms with Crippen molar-refractivity contribution in [2.24, 2.45) is 5.92 Å². The molecule has 1 rings (SSSR count). The summed E-state index contributed by atoms with van der Waals surface area (Å²) in [7, 11) is 0. The van der Waals surface area contributed by atoms with Crippen LogP contribution in [-0.4, -0.2) is 6.54 Å². The van der Waals surface area contributed by atoms with Gasteiger partial charge in [-0.2, -0.15) is 13.2 Å². The zero-order valence-corrected chi connectivity index (χ0v) is 12.1. The second-order valence-electron chi connectivity index (χ2n) is 5.10. The molecule has 114 valence electrons. The molecule has 1 unspecified atom stereocenters. The van der Waals surface area contributed by atoms with Crippen LogP contribution in [-0.2, 0) is 6.18 Å². The van der Waals surface area contributed by atoms with E-state index in [1.807, 2.05) is 0 Å². The molecule has 1 atom stereocenters. The lowest BCUT2D eigenvalue weighted by Crippen LogP contribution is -2.15. The lowest BCUT2D eigenvalue weighted by molar-refractivity contribution is -0.136. The summed E-state index contributed by atoms with van der Waals surface area (Å²) in [5, 5.41) is 3.09. The van der Waals surface area contributed by atoms with Gasteiger partial charge in [0, 0.05) is 17.9 Å². The Hall–Kier alpha value is -1.39. The van der Waals surface area contributed by atoms with Gasteiger partial charge in [-0.3, -0.25) is 0 Å². The van der Waals surface area contributed by atoms with Gasteiger partial charge < -0.3 is 11.1 Å². The summed E-state index contributed by atoms with van der Waals surface area (Å²) >= 11 is 0. The third-order valence-electron chi connectivity index (χ3n) is 3.50. The maximum atomic E-state index is 12.8. The number of nitrogens with one attached hydrogen (secondary N) is 1. The first kappa shape index (κ1) is 16.7. The maximum Gasteiger partial charge on any atom is 0.418 e. The molecular formula is C15H23F3N2. The van der Waals surface area contributed by atoms with Crippen LogP contribution in [0.5, 0.6) is 0 Å². The van der Waals surface area contributed by atoms with Crippen LogP contribution < -0.4 is 11.1 Å². The number of unbranched alkanes of at least 4 members (excludes halogenated alkanes) is 1. The smallest absolute Gasteiger partial charge is 0.398 e. The van der Waals surface area contributed by atoms with Crippen LogP contribution in [0.2, 0.25) is 0 Å². The largest absolute Gasteiger partial charge is 0.418 e. The molecule has 0 aliphatic carbocycles. The molecule has 0 amide bonds. The van der Waals surface area contributed by atoms with E-state index in [2.05, 4.69) is 19.2 Å². The summed E-state index contributed by atoms with van der Waals surface area (Å²) in [6.07, 6.45) is -0.00431. The summed E-state index contributed by atoms with van der Waals surface area (Å²) < 4.78 is 38.3. The Bertz CT molecular complexity index is 416. The van der Waals surface area contributed by atoms with Crippen molar-refractivity contribution in [3.63, 3.8) is 0 Å². The second kappa shape index (κ2) is 7.41. The zero-order chi connectivity index (χ0) is 15.2. The van der Waals surface area contributed by atoms with Gasteiger partial charge in [0.1, 0.15) is 0 Å². The average Bonchev–Trinajstić information content (AvgIpc) is 2.39. The summed E-state index contributed by atoms with van der Waals surface area (Å²) in [4.78, 5) is 0. The Morgan fingerprint density at radius 3 is 2.50 bits per heavy atom.